The van der Waals surface area contributed by atoms with Gasteiger partial charge in [0, 0.05) is 17.8 Å². The fraction of sp³-hybridized carbons (Fsp3) is 0.273. The van der Waals surface area contributed by atoms with Crippen LogP contribution in [0.25, 0.3) is 0 Å². The molecule has 7 heteroatoms. The number of para-hydroxylation sites is 2. The Morgan fingerprint density at radius 3 is 2.41 bits per heavy atom. The molecule has 3 aromatic rings. The van der Waals surface area contributed by atoms with E-state index < -0.39 is 0 Å². The summed E-state index contributed by atoms with van der Waals surface area (Å²) in [5.41, 5.74) is 1.71. The normalized spacial score (nSPS) is 12.6. The molecule has 0 fully saturated rings. The van der Waals surface area contributed by atoms with Gasteiger partial charge in [0.05, 0.1) is 11.8 Å². The van der Waals surface area contributed by atoms with E-state index in [2.05, 4.69) is 20.6 Å². The van der Waals surface area contributed by atoms with Crippen LogP contribution in [0.5, 0.6) is 17.2 Å². The highest BCUT2D eigenvalue weighted by molar-refractivity contribution is 5.68. The number of benzene rings is 2. The Bertz CT molecular complexity index is 1010. The van der Waals surface area contributed by atoms with Crippen molar-refractivity contribution in [2.75, 3.05) is 23.8 Å². The minimum atomic E-state index is 0.0810. The molecule has 2 aromatic carbocycles. The Labute approximate surface area is 170 Å². The van der Waals surface area contributed by atoms with Crippen molar-refractivity contribution in [3.8, 4) is 17.2 Å². The largest absolute Gasteiger partial charge is 0.489 e. The second-order valence-corrected chi connectivity index (χ2v) is 6.96. The molecule has 150 valence electrons. The maximum atomic E-state index is 5.88. The van der Waals surface area contributed by atoms with Gasteiger partial charge in [-0.2, -0.15) is 0 Å². The summed E-state index contributed by atoms with van der Waals surface area (Å²) in [6.07, 6.45) is 0.0810. The van der Waals surface area contributed by atoms with Crippen molar-refractivity contribution < 1.29 is 14.2 Å². The van der Waals surface area contributed by atoms with E-state index in [1.165, 1.54) is 0 Å². The van der Waals surface area contributed by atoms with Gasteiger partial charge in [-0.15, -0.1) is 0 Å². The number of ether oxygens (including phenoxy) is 3. The summed E-state index contributed by atoms with van der Waals surface area (Å²) in [7, 11) is 0. The monoisotopic (exact) mass is 392 g/mol. The lowest BCUT2D eigenvalue weighted by atomic mass is 10.2. The van der Waals surface area contributed by atoms with Crippen molar-refractivity contribution in [3.63, 3.8) is 0 Å². The van der Waals surface area contributed by atoms with Crippen molar-refractivity contribution in [1.29, 1.82) is 0 Å². The predicted octanol–water partition coefficient (Wildman–Crippen LogP) is 4.83. The van der Waals surface area contributed by atoms with E-state index in [4.69, 9.17) is 14.2 Å². The summed E-state index contributed by atoms with van der Waals surface area (Å²) in [6.45, 7) is 6.98. The zero-order valence-electron chi connectivity index (χ0n) is 16.7. The molecule has 0 atom stereocenters. The number of anilines is 4. The summed E-state index contributed by atoms with van der Waals surface area (Å²) in [5, 5.41) is 6.64. The first-order valence-electron chi connectivity index (χ1n) is 9.62. The average molecular weight is 392 g/mol. The molecule has 0 spiro atoms. The van der Waals surface area contributed by atoms with E-state index in [0.717, 1.165) is 28.6 Å². The zero-order chi connectivity index (χ0) is 20.2. The van der Waals surface area contributed by atoms with Crippen molar-refractivity contribution in [2.24, 2.45) is 0 Å². The second kappa shape index (κ2) is 8.26. The molecule has 0 saturated carbocycles. The molecule has 1 aliphatic heterocycles. The van der Waals surface area contributed by atoms with Crippen molar-refractivity contribution >= 4 is 23.0 Å². The highest BCUT2D eigenvalue weighted by Crippen LogP contribution is 2.34. The van der Waals surface area contributed by atoms with Crippen LogP contribution in [0.1, 0.15) is 19.7 Å². The Balaban J connectivity index is 1.56. The van der Waals surface area contributed by atoms with Crippen LogP contribution < -0.4 is 24.8 Å². The number of aromatic nitrogens is 2. The van der Waals surface area contributed by atoms with Crippen LogP contribution in [0.2, 0.25) is 0 Å². The van der Waals surface area contributed by atoms with Crippen molar-refractivity contribution in [1.82, 2.24) is 9.97 Å². The zero-order valence-corrected chi connectivity index (χ0v) is 16.7. The van der Waals surface area contributed by atoms with Gasteiger partial charge >= 0.3 is 0 Å². The summed E-state index contributed by atoms with van der Waals surface area (Å²) < 4.78 is 17.1. The molecular weight excluding hydrogens is 368 g/mol. The van der Waals surface area contributed by atoms with Crippen LogP contribution in [0.4, 0.5) is 23.0 Å². The quantitative estimate of drug-likeness (QED) is 0.622. The molecule has 4 rings (SSSR count). The molecule has 7 nitrogen and oxygen atoms in total. The molecule has 1 aliphatic rings. The Morgan fingerprint density at radius 2 is 1.62 bits per heavy atom. The molecular formula is C22H24N4O3. The number of nitrogens with zero attached hydrogens (tertiary/aromatic N) is 2. The highest BCUT2D eigenvalue weighted by atomic mass is 16.6. The van der Waals surface area contributed by atoms with Crippen LogP contribution in [-0.4, -0.2) is 29.3 Å². The van der Waals surface area contributed by atoms with Crippen LogP contribution in [-0.2, 0) is 0 Å². The number of nitrogens with one attached hydrogen (secondary N) is 2. The van der Waals surface area contributed by atoms with E-state index in [0.29, 0.717) is 30.7 Å². The third-order valence-corrected chi connectivity index (χ3v) is 4.17. The maximum absolute atomic E-state index is 5.88. The molecule has 1 aromatic heterocycles. The van der Waals surface area contributed by atoms with Crippen molar-refractivity contribution in [2.45, 2.75) is 26.9 Å². The van der Waals surface area contributed by atoms with Crippen LogP contribution in [0, 0.1) is 6.92 Å². The molecule has 0 unspecified atom stereocenters. The van der Waals surface area contributed by atoms with Gasteiger partial charge in [-0.05, 0) is 45.0 Å². The summed E-state index contributed by atoms with van der Waals surface area (Å²) >= 11 is 0. The summed E-state index contributed by atoms with van der Waals surface area (Å²) in [5.74, 6) is 4.27. The molecule has 0 radical (unpaired) electrons. The van der Waals surface area contributed by atoms with Gasteiger partial charge in [-0.3, -0.25) is 0 Å². The molecule has 0 bridgehead atoms. The first kappa shape index (κ1) is 18.9. The van der Waals surface area contributed by atoms with Gasteiger partial charge in [0.2, 0.25) is 0 Å². The fourth-order valence-corrected chi connectivity index (χ4v) is 3.03. The Hall–Kier alpha value is -3.48. The lowest BCUT2D eigenvalue weighted by Crippen LogP contribution is -2.15. The van der Waals surface area contributed by atoms with E-state index in [-0.39, 0.29) is 6.10 Å². The minimum absolute atomic E-state index is 0.0810. The van der Waals surface area contributed by atoms with Gasteiger partial charge in [-0.1, -0.05) is 12.1 Å². The van der Waals surface area contributed by atoms with E-state index in [1.807, 2.05) is 69.3 Å². The highest BCUT2D eigenvalue weighted by Gasteiger charge is 2.13. The molecule has 0 saturated heterocycles. The molecule has 2 heterocycles. The first-order valence-corrected chi connectivity index (χ1v) is 9.62. The standard InChI is InChI=1S/C22H24N4O3/c1-14(2)29-18-7-5-4-6-17(18)26-22-13-21(23-15(3)24-22)25-16-8-9-19-20(12-16)28-11-10-27-19/h4-9,12-14H,10-11H2,1-3H3,(H2,23,24,25,26). The predicted molar refractivity (Wildman–Crippen MR) is 113 cm³/mol. The number of aryl methyl sites for hydroxylation is 1. The smallest absolute Gasteiger partial charge is 0.163 e. The Morgan fingerprint density at radius 1 is 0.897 bits per heavy atom. The SMILES string of the molecule is Cc1nc(Nc2ccc3c(c2)OCCO3)cc(Nc2ccccc2OC(C)C)n1. The molecule has 0 amide bonds. The van der Waals surface area contributed by atoms with Gasteiger partial charge in [0.25, 0.3) is 0 Å². The van der Waals surface area contributed by atoms with Gasteiger partial charge in [0.15, 0.2) is 11.5 Å². The van der Waals surface area contributed by atoms with Crippen LogP contribution >= 0.6 is 0 Å². The van der Waals surface area contributed by atoms with E-state index >= 15 is 0 Å². The van der Waals surface area contributed by atoms with E-state index in [1.54, 1.807) is 0 Å². The molecule has 0 aliphatic carbocycles. The number of hydrogen-bond acceptors (Lipinski definition) is 7. The summed E-state index contributed by atoms with van der Waals surface area (Å²) in [4.78, 5) is 8.99. The third-order valence-electron chi connectivity index (χ3n) is 4.17. The number of fused-ring (bicyclic) bond motifs is 1. The Kier molecular flexibility index (Phi) is 5.37. The van der Waals surface area contributed by atoms with Crippen LogP contribution in [0.15, 0.2) is 48.5 Å². The third kappa shape index (κ3) is 4.68. The topological polar surface area (TPSA) is 77.5 Å². The van der Waals surface area contributed by atoms with Gasteiger partial charge < -0.3 is 24.8 Å². The molecule has 29 heavy (non-hydrogen) atoms. The van der Waals surface area contributed by atoms with Gasteiger partial charge in [0.1, 0.15) is 36.4 Å². The lowest BCUT2D eigenvalue weighted by molar-refractivity contribution is 0.171. The maximum Gasteiger partial charge on any atom is 0.163 e. The molecule has 2 N–H and O–H groups in total. The summed E-state index contributed by atoms with van der Waals surface area (Å²) in [6, 6.07) is 15.4. The fourth-order valence-electron chi connectivity index (χ4n) is 3.03. The second-order valence-electron chi connectivity index (χ2n) is 6.96. The number of hydrogen-bond donors (Lipinski definition) is 2. The van der Waals surface area contributed by atoms with Gasteiger partial charge in [-0.25, -0.2) is 9.97 Å². The average Bonchev–Trinajstić information content (AvgIpc) is 2.68. The van der Waals surface area contributed by atoms with E-state index in [9.17, 15) is 0 Å². The number of rotatable bonds is 6. The lowest BCUT2D eigenvalue weighted by Gasteiger charge is -2.19. The first-order chi connectivity index (χ1) is 14.1. The minimum Gasteiger partial charge on any atom is -0.489 e. The van der Waals surface area contributed by atoms with Crippen molar-refractivity contribution in [3.05, 3.63) is 54.4 Å². The van der Waals surface area contributed by atoms with Crippen LogP contribution in [0.3, 0.4) is 0 Å².